The van der Waals surface area contributed by atoms with Gasteiger partial charge in [-0.25, -0.2) is 4.98 Å². The van der Waals surface area contributed by atoms with Gasteiger partial charge in [-0.2, -0.15) is 5.10 Å². The molecule has 2 aliphatic rings. The van der Waals surface area contributed by atoms with Crippen LogP contribution < -0.4 is 15.1 Å². The van der Waals surface area contributed by atoms with Crippen LogP contribution in [0.25, 0.3) is 10.9 Å². The number of fused-ring (bicyclic) bond motifs is 2. The number of hydrogen-bond donors (Lipinski definition) is 2. The van der Waals surface area contributed by atoms with E-state index in [1.807, 2.05) is 36.4 Å². The molecule has 35 heavy (non-hydrogen) atoms. The van der Waals surface area contributed by atoms with Crippen molar-refractivity contribution in [3.05, 3.63) is 66.5 Å². The van der Waals surface area contributed by atoms with Crippen LogP contribution in [0.4, 0.5) is 28.6 Å². The van der Waals surface area contributed by atoms with Crippen molar-refractivity contribution in [2.75, 3.05) is 41.8 Å². The number of aromatic nitrogens is 3. The smallest absolute Gasteiger partial charge is 0.218 e. The number of benzene rings is 2. The predicted octanol–water partition coefficient (Wildman–Crippen LogP) is 4.45. The summed E-state index contributed by atoms with van der Waals surface area (Å²) in [6.45, 7) is 3.31. The molecule has 0 saturated carbocycles. The summed E-state index contributed by atoms with van der Waals surface area (Å²) < 4.78 is 0. The topological polar surface area (TPSA) is 80.4 Å². The number of pyridine rings is 1. The molecule has 1 saturated heterocycles. The van der Waals surface area contributed by atoms with Crippen molar-refractivity contribution in [3.8, 4) is 0 Å². The van der Waals surface area contributed by atoms with Gasteiger partial charge < -0.3 is 15.1 Å². The van der Waals surface area contributed by atoms with Gasteiger partial charge in [-0.15, -0.1) is 0 Å². The SMILES string of the molecule is CN1CCC(N2CCc3ccc(N(C=O)c4cccnc4Nc4ccc5cn[nH]c5c4)cc32)CC1. The molecule has 0 atom stereocenters. The molecule has 2 aromatic heterocycles. The van der Waals surface area contributed by atoms with Crippen LogP contribution in [-0.2, 0) is 11.2 Å². The Hall–Kier alpha value is -3.91. The number of aromatic amines is 1. The van der Waals surface area contributed by atoms with Gasteiger partial charge in [0.05, 0.1) is 23.1 Å². The van der Waals surface area contributed by atoms with Crippen molar-refractivity contribution in [2.24, 2.45) is 0 Å². The van der Waals surface area contributed by atoms with Crippen LogP contribution in [0.3, 0.4) is 0 Å². The van der Waals surface area contributed by atoms with E-state index < -0.39 is 0 Å². The number of carbonyl (C=O) groups excluding carboxylic acids is 1. The van der Waals surface area contributed by atoms with Crippen LogP contribution in [0.15, 0.2) is 60.9 Å². The molecule has 8 heteroatoms. The van der Waals surface area contributed by atoms with Crippen LogP contribution in [0.1, 0.15) is 18.4 Å². The van der Waals surface area contributed by atoms with E-state index in [4.69, 9.17) is 0 Å². The molecule has 0 unspecified atom stereocenters. The van der Waals surface area contributed by atoms with E-state index in [1.54, 1.807) is 17.3 Å². The molecule has 0 bridgehead atoms. The highest BCUT2D eigenvalue weighted by Crippen LogP contribution is 2.38. The fourth-order valence-electron chi connectivity index (χ4n) is 5.32. The van der Waals surface area contributed by atoms with Crippen LogP contribution in [0, 0.1) is 0 Å². The maximum absolute atomic E-state index is 12.4. The molecule has 178 valence electrons. The number of nitrogens with one attached hydrogen (secondary N) is 2. The number of anilines is 5. The van der Waals surface area contributed by atoms with E-state index in [-0.39, 0.29) is 0 Å². The number of rotatable bonds is 6. The number of carbonyl (C=O) groups is 1. The molecule has 0 aliphatic carbocycles. The average molecular weight is 468 g/mol. The van der Waals surface area contributed by atoms with Gasteiger partial charge in [0.15, 0.2) is 5.82 Å². The summed E-state index contributed by atoms with van der Waals surface area (Å²) in [4.78, 5) is 23.6. The molecule has 0 radical (unpaired) electrons. The molecule has 4 aromatic rings. The number of H-pyrrole nitrogens is 1. The Morgan fingerprint density at radius 2 is 2.00 bits per heavy atom. The fraction of sp³-hybridized carbons (Fsp3) is 0.296. The van der Waals surface area contributed by atoms with Gasteiger partial charge in [0.2, 0.25) is 6.41 Å². The monoisotopic (exact) mass is 467 g/mol. The molecule has 2 aliphatic heterocycles. The number of hydrogen-bond acceptors (Lipinski definition) is 6. The summed E-state index contributed by atoms with van der Waals surface area (Å²) in [5.74, 6) is 0.617. The summed E-state index contributed by atoms with van der Waals surface area (Å²) in [5.41, 5.74) is 5.97. The molecule has 0 spiro atoms. The highest BCUT2D eigenvalue weighted by atomic mass is 16.1. The Morgan fingerprint density at radius 3 is 2.86 bits per heavy atom. The highest BCUT2D eigenvalue weighted by molar-refractivity contribution is 5.93. The second kappa shape index (κ2) is 9.03. The van der Waals surface area contributed by atoms with Gasteiger partial charge in [0.1, 0.15) is 0 Å². The maximum atomic E-state index is 12.4. The van der Waals surface area contributed by atoms with Gasteiger partial charge in [-0.1, -0.05) is 6.07 Å². The minimum atomic E-state index is 0.556. The molecule has 4 heterocycles. The Balaban J connectivity index is 1.31. The van der Waals surface area contributed by atoms with Gasteiger partial charge in [-0.05, 0) is 87.4 Å². The molecule has 6 rings (SSSR count). The lowest BCUT2D eigenvalue weighted by Crippen LogP contribution is -2.43. The molecule has 2 aromatic carbocycles. The first-order valence-electron chi connectivity index (χ1n) is 12.2. The van der Waals surface area contributed by atoms with Gasteiger partial charge >= 0.3 is 0 Å². The largest absolute Gasteiger partial charge is 0.368 e. The van der Waals surface area contributed by atoms with E-state index in [2.05, 4.69) is 49.5 Å². The number of likely N-dealkylation sites (tertiary alicyclic amines) is 1. The summed E-state index contributed by atoms with van der Waals surface area (Å²) in [5, 5.41) is 11.5. The lowest BCUT2D eigenvalue weighted by atomic mass is 10.0. The van der Waals surface area contributed by atoms with Crippen LogP contribution in [0.2, 0.25) is 0 Å². The lowest BCUT2D eigenvalue weighted by molar-refractivity contribution is -0.106. The Bertz CT molecular complexity index is 1360. The minimum absolute atomic E-state index is 0.556. The number of nitrogens with zero attached hydrogens (tertiary/aromatic N) is 5. The normalized spacial score (nSPS) is 16.4. The van der Waals surface area contributed by atoms with Crippen LogP contribution >= 0.6 is 0 Å². The van der Waals surface area contributed by atoms with Crippen molar-refractivity contribution in [1.29, 1.82) is 0 Å². The van der Waals surface area contributed by atoms with Crippen LogP contribution in [0.5, 0.6) is 0 Å². The molecule has 8 nitrogen and oxygen atoms in total. The van der Waals surface area contributed by atoms with Gasteiger partial charge in [0, 0.05) is 35.5 Å². The van der Waals surface area contributed by atoms with E-state index in [9.17, 15) is 4.79 Å². The number of amides is 1. The molecule has 2 N–H and O–H groups in total. The van der Waals surface area contributed by atoms with Gasteiger partial charge in [0.25, 0.3) is 0 Å². The van der Waals surface area contributed by atoms with Gasteiger partial charge in [-0.3, -0.25) is 14.8 Å². The Labute approximate surface area is 204 Å². The van der Waals surface area contributed by atoms with Crippen molar-refractivity contribution < 1.29 is 4.79 Å². The van der Waals surface area contributed by atoms with E-state index in [0.717, 1.165) is 54.7 Å². The first-order valence-corrected chi connectivity index (χ1v) is 12.2. The number of piperidine rings is 1. The maximum Gasteiger partial charge on any atom is 0.218 e. The van der Waals surface area contributed by atoms with Crippen molar-refractivity contribution in [3.63, 3.8) is 0 Å². The Morgan fingerprint density at radius 1 is 1.11 bits per heavy atom. The zero-order valence-electron chi connectivity index (χ0n) is 19.8. The zero-order chi connectivity index (χ0) is 23.8. The highest BCUT2D eigenvalue weighted by Gasteiger charge is 2.29. The molecular formula is C27H29N7O. The lowest BCUT2D eigenvalue weighted by Gasteiger charge is -2.37. The quantitative estimate of drug-likeness (QED) is 0.408. The molecular weight excluding hydrogens is 438 g/mol. The first-order chi connectivity index (χ1) is 17.2. The summed E-state index contributed by atoms with van der Waals surface area (Å²) >= 11 is 0. The van der Waals surface area contributed by atoms with E-state index in [1.165, 1.54) is 24.1 Å². The third-order valence-corrected chi connectivity index (χ3v) is 7.26. The van der Waals surface area contributed by atoms with Crippen molar-refractivity contribution >= 4 is 45.9 Å². The molecule has 1 amide bonds. The average Bonchev–Trinajstić information content (AvgIpc) is 3.53. The fourth-order valence-corrected chi connectivity index (χ4v) is 5.32. The van der Waals surface area contributed by atoms with Crippen molar-refractivity contribution in [1.82, 2.24) is 20.1 Å². The first kappa shape index (κ1) is 21.6. The van der Waals surface area contributed by atoms with Crippen molar-refractivity contribution in [2.45, 2.75) is 25.3 Å². The Kier molecular flexibility index (Phi) is 5.58. The third kappa shape index (κ3) is 4.10. The summed E-state index contributed by atoms with van der Waals surface area (Å²) in [6.07, 6.45) is 7.80. The van der Waals surface area contributed by atoms with Crippen LogP contribution in [-0.4, -0.2) is 59.2 Å². The second-order valence-corrected chi connectivity index (χ2v) is 9.43. The zero-order valence-corrected chi connectivity index (χ0v) is 19.8. The summed E-state index contributed by atoms with van der Waals surface area (Å²) in [6, 6.07) is 16.7. The predicted molar refractivity (Wildman–Crippen MR) is 140 cm³/mol. The van der Waals surface area contributed by atoms with E-state index >= 15 is 0 Å². The third-order valence-electron chi connectivity index (χ3n) is 7.26. The molecule has 1 fully saturated rings. The second-order valence-electron chi connectivity index (χ2n) is 9.43. The standard InChI is InChI=1S/C27H29N7O/c1-32-12-9-22(10-13-32)33-14-8-19-5-7-23(16-26(19)33)34(18-35)25-3-2-11-28-27(25)30-21-6-4-20-17-29-31-24(20)15-21/h2-7,11,15-18,22H,8-10,12-14H2,1H3,(H,28,30)(H,29,31). The summed E-state index contributed by atoms with van der Waals surface area (Å²) in [7, 11) is 2.20. The van der Waals surface area contributed by atoms with E-state index in [0.29, 0.717) is 17.5 Å². The minimum Gasteiger partial charge on any atom is -0.368 e.